The number of hydrogen-bond donors (Lipinski definition) is 2. The fourth-order valence-electron chi connectivity index (χ4n) is 2.01. The Labute approximate surface area is 153 Å². The predicted octanol–water partition coefficient (Wildman–Crippen LogP) is 2.12. The second kappa shape index (κ2) is 7.76. The van der Waals surface area contributed by atoms with Gasteiger partial charge in [0, 0.05) is 18.1 Å². The van der Waals surface area contributed by atoms with Crippen molar-refractivity contribution in [3.8, 4) is 0 Å². The summed E-state index contributed by atoms with van der Waals surface area (Å²) in [6.45, 7) is 0.00540. The molecule has 0 aliphatic heterocycles. The normalized spacial score (nSPS) is 10.9. The number of amides is 1. The Kier molecular flexibility index (Phi) is 5.46. The first-order chi connectivity index (χ1) is 12.0. The van der Waals surface area contributed by atoms with Crippen molar-refractivity contribution >= 4 is 61.7 Å². The second-order valence-corrected chi connectivity index (χ2v) is 7.56. The highest BCUT2D eigenvalue weighted by Crippen LogP contribution is 2.21. The molecule has 8 nitrogen and oxygen atoms in total. The van der Waals surface area contributed by atoms with Gasteiger partial charge in [0.25, 0.3) is 5.56 Å². The second-order valence-electron chi connectivity index (χ2n) is 4.80. The minimum Gasteiger partial charge on any atom is -0.481 e. The molecule has 1 amide bonds. The number of fused-ring (bicyclic) bond motifs is 1. The Hall–Kier alpha value is -2.24. The quantitative estimate of drug-likeness (QED) is 0.464. The molecule has 0 aliphatic carbocycles. The van der Waals surface area contributed by atoms with E-state index >= 15 is 0 Å². The van der Waals surface area contributed by atoms with Gasteiger partial charge < -0.3 is 10.4 Å². The van der Waals surface area contributed by atoms with Crippen LogP contribution in [0.2, 0.25) is 0 Å². The molecule has 0 saturated carbocycles. The van der Waals surface area contributed by atoms with Crippen molar-refractivity contribution in [2.45, 2.75) is 18.1 Å². The van der Waals surface area contributed by atoms with Gasteiger partial charge in [0.15, 0.2) is 10.3 Å². The first kappa shape index (κ1) is 17.6. The van der Waals surface area contributed by atoms with Crippen LogP contribution in [0.4, 0.5) is 5.13 Å². The van der Waals surface area contributed by atoms with Crippen LogP contribution in [0.15, 0.2) is 33.0 Å². The third kappa shape index (κ3) is 4.24. The lowest BCUT2D eigenvalue weighted by atomic mass is 10.4. The highest BCUT2D eigenvalue weighted by molar-refractivity contribution is 7.99. The van der Waals surface area contributed by atoms with Crippen molar-refractivity contribution in [2.24, 2.45) is 0 Å². The zero-order chi connectivity index (χ0) is 17.8. The Morgan fingerprint density at radius 3 is 2.88 bits per heavy atom. The molecule has 11 heteroatoms. The van der Waals surface area contributed by atoms with Crippen LogP contribution >= 0.6 is 34.4 Å². The smallest absolute Gasteiger partial charge is 0.305 e. The minimum atomic E-state index is -1.00. The summed E-state index contributed by atoms with van der Waals surface area (Å²) in [6, 6.07) is 1.72. The van der Waals surface area contributed by atoms with Gasteiger partial charge in [-0.25, -0.2) is 9.97 Å². The molecule has 25 heavy (non-hydrogen) atoms. The lowest BCUT2D eigenvalue weighted by Crippen LogP contribution is -2.24. The van der Waals surface area contributed by atoms with E-state index in [9.17, 15) is 14.4 Å². The number of nitrogens with one attached hydrogen (secondary N) is 1. The van der Waals surface area contributed by atoms with Gasteiger partial charge in [0.2, 0.25) is 5.91 Å². The fourth-order valence-corrected chi connectivity index (χ4v) is 4.16. The van der Waals surface area contributed by atoms with Crippen molar-refractivity contribution in [1.82, 2.24) is 14.5 Å². The molecule has 0 unspecified atom stereocenters. The van der Waals surface area contributed by atoms with Crippen molar-refractivity contribution in [1.29, 1.82) is 0 Å². The number of aliphatic carboxylic acids is 1. The summed E-state index contributed by atoms with van der Waals surface area (Å²) >= 11 is 3.65. The van der Waals surface area contributed by atoms with Crippen LogP contribution in [-0.4, -0.2) is 37.3 Å². The SMILES string of the molecule is O=C(O)CCn1c(SCC(=O)Nc2nccs2)nc2ccsc2c1=O. The number of thiazole rings is 1. The number of anilines is 1. The number of nitrogens with zero attached hydrogens (tertiary/aromatic N) is 3. The number of carbonyl (C=O) groups excluding carboxylic acids is 1. The number of rotatable bonds is 7. The van der Waals surface area contributed by atoms with Crippen molar-refractivity contribution in [3.63, 3.8) is 0 Å². The Morgan fingerprint density at radius 2 is 2.16 bits per heavy atom. The summed E-state index contributed by atoms with van der Waals surface area (Å²) < 4.78 is 1.79. The molecule has 3 heterocycles. The number of thioether (sulfide) groups is 1. The van der Waals surface area contributed by atoms with Crippen molar-refractivity contribution in [3.05, 3.63) is 33.4 Å². The van der Waals surface area contributed by atoms with E-state index in [0.29, 0.717) is 20.5 Å². The van der Waals surface area contributed by atoms with Gasteiger partial charge in [-0.05, 0) is 11.4 Å². The Morgan fingerprint density at radius 1 is 1.32 bits per heavy atom. The van der Waals surface area contributed by atoms with E-state index in [1.807, 2.05) is 0 Å². The van der Waals surface area contributed by atoms with Crippen molar-refractivity contribution in [2.75, 3.05) is 11.1 Å². The number of carboxylic acid groups (broad SMARTS) is 1. The van der Waals surface area contributed by atoms with E-state index in [2.05, 4.69) is 15.3 Å². The van der Waals surface area contributed by atoms with Gasteiger partial charge in [-0.15, -0.1) is 22.7 Å². The average Bonchev–Trinajstić information content (AvgIpc) is 3.23. The van der Waals surface area contributed by atoms with E-state index < -0.39 is 5.97 Å². The van der Waals surface area contributed by atoms with Crippen LogP contribution < -0.4 is 10.9 Å². The third-order valence-electron chi connectivity index (χ3n) is 3.09. The molecule has 130 valence electrons. The third-order valence-corrected chi connectivity index (χ3v) is 5.65. The van der Waals surface area contributed by atoms with Crippen LogP contribution in [0.5, 0.6) is 0 Å². The summed E-state index contributed by atoms with van der Waals surface area (Å²) in [5.41, 5.74) is 0.258. The number of thiophene rings is 1. The molecule has 0 bridgehead atoms. The molecule has 0 atom stereocenters. The molecule has 0 spiro atoms. The number of carbonyl (C=O) groups is 2. The molecule has 3 rings (SSSR count). The summed E-state index contributed by atoms with van der Waals surface area (Å²) in [7, 11) is 0. The molecule has 0 fully saturated rings. The van der Waals surface area contributed by atoms with E-state index in [-0.39, 0.29) is 30.2 Å². The van der Waals surface area contributed by atoms with Crippen LogP contribution in [-0.2, 0) is 16.1 Å². The zero-order valence-electron chi connectivity index (χ0n) is 12.7. The standard InChI is InChI=1S/C14H12N4O4S3/c19-9(17-13-15-3-6-24-13)7-25-14-16-8-2-5-23-11(8)12(22)18(14)4-1-10(20)21/h2-3,5-6H,1,4,7H2,(H,20,21)(H,15,17,19). The van der Waals surface area contributed by atoms with Crippen LogP contribution in [0.25, 0.3) is 10.2 Å². The lowest BCUT2D eigenvalue weighted by Gasteiger charge is -2.10. The molecule has 0 aliphatic rings. The molecule has 2 N–H and O–H groups in total. The van der Waals surface area contributed by atoms with Gasteiger partial charge >= 0.3 is 5.97 Å². The van der Waals surface area contributed by atoms with E-state index in [1.165, 1.54) is 27.2 Å². The highest BCUT2D eigenvalue weighted by Gasteiger charge is 2.15. The molecule has 0 aromatic carbocycles. The summed E-state index contributed by atoms with van der Waals surface area (Å²) in [6.07, 6.45) is 1.39. The largest absolute Gasteiger partial charge is 0.481 e. The maximum atomic E-state index is 12.5. The first-order valence-corrected chi connectivity index (χ1v) is 9.81. The zero-order valence-corrected chi connectivity index (χ0v) is 15.1. The first-order valence-electron chi connectivity index (χ1n) is 7.06. The Bertz CT molecular complexity index is 964. The maximum Gasteiger partial charge on any atom is 0.305 e. The van der Waals surface area contributed by atoms with Gasteiger partial charge in [0.05, 0.1) is 17.7 Å². The number of hydrogen-bond acceptors (Lipinski definition) is 8. The summed E-state index contributed by atoms with van der Waals surface area (Å²) in [4.78, 5) is 43.7. The molecular formula is C14H12N4O4S3. The molecular weight excluding hydrogens is 384 g/mol. The van der Waals surface area contributed by atoms with Crippen LogP contribution in [0.1, 0.15) is 6.42 Å². The predicted molar refractivity (Wildman–Crippen MR) is 97.6 cm³/mol. The fraction of sp³-hybridized carbons (Fsp3) is 0.214. The lowest BCUT2D eigenvalue weighted by molar-refractivity contribution is -0.137. The Balaban J connectivity index is 1.80. The summed E-state index contributed by atoms with van der Waals surface area (Å²) in [5.74, 6) is -1.24. The maximum absolute atomic E-state index is 12.5. The number of carboxylic acids is 1. The van der Waals surface area contributed by atoms with Gasteiger partial charge in [-0.3, -0.25) is 19.0 Å². The van der Waals surface area contributed by atoms with Crippen LogP contribution in [0.3, 0.4) is 0 Å². The number of aromatic nitrogens is 3. The van der Waals surface area contributed by atoms with E-state index in [1.54, 1.807) is 23.0 Å². The average molecular weight is 396 g/mol. The minimum absolute atomic E-state index is 0.00540. The van der Waals surface area contributed by atoms with Gasteiger partial charge in [0.1, 0.15) is 4.70 Å². The van der Waals surface area contributed by atoms with E-state index in [4.69, 9.17) is 5.11 Å². The molecule has 0 radical (unpaired) electrons. The van der Waals surface area contributed by atoms with Crippen LogP contribution in [0, 0.1) is 0 Å². The van der Waals surface area contributed by atoms with Gasteiger partial charge in [-0.1, -0.05) is 11.8 Å². The monoisotopic (exact) mass is 396 g/mol. The topological polar surface area (TPSA) is 114 Å². The molecule has 0 saturated heterocycles. The van der Waals surface area contributed by atoms with Gasteiger partial charge in [-0.2, -0.15) is 0 Å². The molecule has 3 aromatic heterocycles. The van der Waals surface area contributed by atoms with E-state index in [0.717, 1.165) is 11.8 Å². The van der Waals surface area contributed by atoms with Crippen molar-refractivity contribution < 1.29 is 14.7 Å². The highest BCUT2D eigenvalue weighted by atomic mass is 32.2. The molecule has 3 aromatic rings. The summed E-state index contributed by atoms with van der Waals surface area (Å²) in [5, 5.41) is 15.9.